The minimum atomic E-state index is 0.534. The Morgan fingerprint density at radius 3 is 2.70 bits per heavy atom. The van der Waals surface area contributed by atoms with Crippen LogP contribution in [0.2, 0.25) is 0 Å². The third-order valence-corrected chi connectivity index (χ3v) is 5.00. The van der Waals surface area contributed by atoms with Crippen molar-refractivity contribution in [3.05, 3.63) is 77.1 Å². The van der Waals surface area contributed by atoms with Crippen LogP contribution in [-0.2, 0) is 24.5 Å². The zero-order valence-corrected chi connectivity index (χ0v) is 15.1. The molecule has 4 aromatic rings. The molecule has 2 aromatic carbocycles. The van der Waals surface area contributed by atoms with Gasteiger partial charge in [-0.25, -0.2) is 9.97 Å². The van der Waals surface area contributed by atoms with Crippen LogP contribution >= 0.6 is 0 Å². The highest BCUT2D eigenvalue weighted by atomic mass is 16.5. The van der Waals surface area contributed by atoms with Crippen LogP contribution in [0.15, 0.2) is 54.6 Å². The summed E-state index contributed by atoms with van der Waals surface area (Å²) in [5.41, 5.74) is 6.48. The molecule has 1 aliphatic rings. The SMILES string of the molecule is Cc1[nH]c2ccccc2c1-c1nc2c(c(NCc3ccccc3)n1)COC2. The van der Waals surface area contributed by atoms with Crippen molar-refractivity contribution in [3.63, 3.8) is 0 Å². The van der Waals surface area contributed by atoms with Crippen molar-refractivity contribution >= 4 is 16.7 Å². The van der Waals surface area contributed by atoms with Gasteiger partial charge in [-0.2, -0.15) is 0 Å². The minimum Gasteiger partial charge on any atom is -0.370 e. The number of rotatable bonds is 4. The van der Waals surface area contributed by atoms with E-state index in [1.165, 1.54) is 5.56 Å². The van der Waals surface area contributed by atoms with Gasteiger partial charge in [0.2, 0.25) is 0 Å². The van der Waals surface area contributed by atoms with Gasteiger partial charge >= 0.3 is 0 Å². The van der Waals surface area contributed by atoms with Crippen LogP contribution in [0.5, 0.6) is 0 Å². The van der Waals surface area contributed by atoms with Crippen LogP contribution in [-0.4, -0.2) is 15.0 Å². The summed E-state index contributed by atoms with van der Waals surface area (Å²) < 4.78 is 5.65. The van der Waals surface area contributed by atoms with Gasteiger partial charge in [0, 0.05) is 34.3 Å². The molecule has 0 aliphatic carbocycles. The van der Waals surface area contributed by atoms with Crippen molar-refractivity contribution in [2.24, 2.45) is 0 Å². The standard InChI is InChI=1S/C22H20N4O/c1-14-20(16-9-5-6-10-18(16)24-14)22-25-19-13-27-12-17(19)21(26-22)23-11-15-7-3-2-4-8-15/h2-10,24H,11-13H2,1H3,(H,23,25,26). The molecule has 5 nitrogen and oxygen atoms in total. The monoisotopic (exact) mass is 356 g/mol. The van der Waals surface area contributed by atoms with Crippen molar-refractivity contribution in [2.45, 2.75) is 26.7 Å². The normalized spacial score (nSPS) is 13.1. The number of anilines is 1. The second-order valence-electron chi connectivity index (χ2n) is 6.82. The van der Waals surface area contributed by atoms with Crippen molar-refractivity contribution in [1.29, 1.82) is 0 Å². The maximum Gasteiger partial charge on any atom is 0.164 e. The summed E-state index contributed by atoms with van der Waals surface area (Å²) in [6, 6.07) is 18.6. The molecule has 0 amide bonds. The quantitative estimate of drug-likeness (QED) is 0.562. The molecule has 0 radical (unpaired) electrons. The number of nitrogens with one attached hydrogen (secondary N) is 2. The second-order valence-corrected chi connectivity index (χ2v) is 6.82. The molecular weight excluding hydrogens is 336 g/mol. The van der Waals surface area contributed by atoms with Gasteiger partial charge in [0.05, 0.1) is 18.9 Å². The van der Waals surface area contributed by atoms with E-state index >= 15 is 0 Å². The number of aromatic amines is 1. The number of para-hydroxylation sites is 1. The van der Waals surface area contributed by atoms with E-state index in [4.69, 9.17) is 14.7 Å². The summed E-state index contributed by atoms with van der Waals surface area (Å²) >= 11 is 0. The van der Waals surface area contributed by atoms with Gasteiger partial charge in [-0.15, -0.1) is 0 Å². The van der Waals surface area contributed by atoms with Crippen LogP contribution in [0.4, 0.5) is 5.82 Å². The predicted octanol–water partition coefficient (Wildman–Crippen LogP) is 4.58. The van der Waals surface area contributed by atoms with Gasteiger partial charge in [0.25, 0.3) is 0 Å². The zero-order chi connectivity index (χ0) is 18.2. The summed E-state index contributed by atoms with van der Waals surface area (Å²) in [6.07, 6.45) is 0. The molecule has 0 saturated carbocycles. The highest BCUT2D eigenvalue weighted by Gasteiger charge is 2.22. The predicted molar refractivity (Wildman–Crippen MR) is 106 cm³/mol. The number of fused-ring (bicyclic) bond motifs is 2. The molecule has 0 saturated heterocycles. The lowest BCUT2D eigenvalue weighted by molar-refractivity contribution is 0.133. The maximum atomic E-state index is 5.65. The third kappa shape index (κ3) is 2.86. The number of hydrogen-bond donors (Lipinski definition) is 2. The fraction of sp³-hybridized carbons (Fsp3) is 0.182. The van der Waals surface area contributed by atoms with E-state index in [0.29, 0.717) is 13.2 Å². The fourth-order valence-electron chi connectivity index (χ4n) is 3.66. The van der Waals surface area contributed by atoms with Gasteiger partial charge in [0.15, 0.2) is 5.82 Å². The fourth-order valence-corrected chi connectivity index (χ4v) is 3.66. The number of aromatic nitrogens is 3. The van der Waals surface area contributed by atoms with Crippen LogP contribution in [0.25, 0.3) is 22.3 Å². The molecule has 0 unspecified atom stereocenters. The lowest BCUT2D eigenvalue weighted by Gasteiger charge is -2.12. The number of nitrogens with zero attached hydrogens (tertiary/aromatic N) is 2. The van der Waals surface area contributed by atoms with Crippen molar-refractivity contribution in [3.8, 4) is 11.4 Å². The molecule has 0 atom stereocenters. The first-order chi connectivity index (χ1) is 13.3. The summed E-state index contributed by atoms with van der Waals surface area (Å²) in [6.45, 7) is 3.88. The minimum absolute atomic E-state index is 0.534. The van der Waals surface area contributed by atoms with Gasteiger partial charge in [0.1, 0.15) is 5.82 Å². The Morgan fingerprint density at radius 2 is 1.81 bits per heavy atom. The largest absolute Gasteiger partial charge is 0.370 e. The Morgan fingerprint density at radius 1 is 1.00 bits per heavy atom. The number of aryl methyl sites for hydroxylation is 1. The van der Waals surface area contributed by atoms with Crippen LogP contribution in [0.3, 0.4) is 0 Å². The Balaban J connectivity index is 1.58. The summed E-state index contributed by atoms with van der Waals surface area (Å²) in [5.74, 6) is 1.60. The molecule has 134 valence electrons. The van der Waals surface area contributed by atoms with Crippen molar-refractivity contribution in [2.75, 3.05) is 5.32 Å². The van der Waals surface area contributed by atoms with E-state index in [9.17, 15) is 0 Å². The molecule has 0 fully saturated rings. The Kier molecular flexibility index (Phi) is 3.87. The van der Waals surface area contributed by atoms with Gasteiger partial charge in [-0.1, -0.05) is 48.5 Å². The van der Waals surface area contributed by atoms with Gasteiger partial charge in [-0.05, 0) is 18.6 Å². The zero-order valence-electron chi connectivity index (χ0n) is 15.1. The highest BCUT2D eigenvalue weighted by Crippen LogP contribution is 2.33. The molecule has 2 aromatic heterocycles. The van der Waals surface area contributed by atoms with E-state index in [1.807, 2.05) is 30.3 Å². The number of ether oxygens (including phenoxy) is 1. The van der Waals surface area contributed by atoms with Crippen molar-refractivity contribution in [1.82, 2.24) is 15.0 Å². The average molecular weight is 356 g/mol. The Hall–Kier alpha value is -3.18. The smallest absolute Gasteiger partial charge is 0.164 e. The first kappa shape index (κ1) is 16.0. The summed E-state index contributed by atoms with van der Waals surface area (Å²) in [4.78, 5) is 13.2. The molecule has 5 heteroatoms. The first-order valence-corrected chi connectivity index (χ1v) is 9.12. The van der Waals surface area contributed by atoms with Crippen molar-refractivity contribution < 1.29 is 4.74 Å². The van der Waals surface area contributed by atoms with Crippen LogP contribution in [0.1, 0.15) is 22.5 Å². The molecule has 27 heavy (non-hydrogen) atoms. The van der Waals surface area contributed by atoms with E-state index in [2.05, 4.69) is 41.5 Å². The van der Waals surface area contributed by atoms with Gasteiger partial charge < -0.3 is 15.0 Å². The molecule has 0 bridgehead atoms. The first-order valence-electron chi connectivity index (χ1n) is 9.12. The van der Waals surface area contributed by atoms with Crippen LogP contribution in [0, 0.1) is 6.92 Å². The second kappa shape index (κ2) is 6.52. The topological polar surface area (TPSA) is 62.8 Å². The average Bonchev–Trinajstić information content (AvgIpc) is 3.30. The number of H-pyrrole nitrogens is 1. The number of benzene rings is 2. The lowest BCUT2D eigenvalue weighted by Crippen LogP contribution is -2.07. The summed E-state index contributed by atoms with van der Waals surface area (Å²) in [7, 11) is 0. The van der Waals surface area contributed by atoms with E-state index in [1.54, 1.807) is 0 Å². The van der Waals surface area contributed by atoms with E-state index in [-0.39, 0.29) is 0 Å². The molecule has 1 aliphatic heterocycles. The molecular formula is C22H20N4O. The Bertz CT molecular complexity index is 1120. The Labute approximate surface area is 157 Å². The molecule has 5 rings (SSSR count). The molecule has 3 heterocycles. The van der Waals surface area contributed by atoms with E-state index < -0.39 is 0 Å². The summed E-state index contributed by atoms with van der Waals surface area (Å²) in [5, 5.41) is 4.63. The maximum absolute atomic E-state index is 5.65. The highest BCUT2D eigenvalue weighted by molar-refractivity contribution is 5.95. The van der Waals surface area contributed by atoms with E-state index in [0.717, 1.165) is 51.6 Å². The van der Waals surface area contributed by atoms with Gasteiger partial charge in [-0.3, -0.25) is 0 Å². The lowest BCUT2D eigenvalue weighted by atomic mass is 10.1. The number of hydrogen-bond acceptors (Lipinski definition) is 4. The molecule has 0 spiro atoms. The third-order valence-electron chi connectivity index (χ3n) is 5.00. The molecule has 2 N–H and O–H groups in total. The van der Waals surface area contributed by atoms with Crippen LogP contribution < -0.4 is 5.32 Å².